The first-order valence-corrected chi connectivity index (χ1v) is 6.29. The normalized spacial score (nSPS) is 19.7. The van der Waals surface area contributed by atoms with Crippen molar-refractivity contribution in [3.05, 3.63) is 35.6 Å². The molecule has 1 aliphatic carbocycles. The number of aliphatic carboxylic acids is 1. The van der Waals surface area contributed by atoms with Gasteiger partial charge in [-0.1, -0.05) is 25.0 Å². The first-order chi connectivity index (χ1) is 8.60. The summed E-state index contributed by atoms with van der Waals surface area (Å²) in [7, 11) is 0. The van der Waals surface area contributed by atoms with Crippen molar-refractivity contribution in [3.8, 4) is 0 Å². The average Bonchev–Trinajstić information content (AvgIpc) is 2.83. The van der Waals surface area contributed by atoms with Crippen molar-refractivity contribution in [2.75, 3.05) is 6.54 Å². The Morgan fingerprint density at radius 2 is 1.89 bits per heavy atom. The molecule has 1 saturated carbocycles. The lowest BCUT2D eigenvalue weighted by molar-refractivity contribution is -0.150. The van der Waals surface area contributed by atoms with Crippen molar-refractivity contribution in [1.82, 2.24) is 0 Å². The van der Waals surface area contributed by atoms with E-state index in [1.807, 2.05) is 0 Å². The van der Waals surface area contributed by atoms with Crippen LogP contribution < -0.4 is 5.73 Å². The second-order valence-electron chi connectivity index (χ2n) is 5.01. The highest BCUT2D eigenvalue weighted by Crippen LogP contribution is 2.48. The molecule has 1 fully saturated rings. The van der Waals surface area contributed by atoms with Crippen molar-refractivity contribution in [1.29, 1.82) is 0 Å². The molecule has 0 radical (unpaired) electrons. The molecule has 0 saturated heterocycles. The van der Waals surface area contributed by atoms with E-state index in [0.717, 1.165) is 18.4 Å². The molecule has 1 atom stereocenters. The van der Waals surface area contributed by atoms with Crippen LogP contribution in [-0.2, 0) is 4.79 Å². The Kier molecular flexibility index (Phi) is 3.66. The van der Waals surface area contributed by atoms with Crippen LogP contribution in [0.1, 0.15) is 37.2 Å². The molecular weight excluding hydrogens is 233 g/mol. The van der Waals surface area contributed by atoms with Gasteiger partial charge in [-0.05, 0) is 30.5 Å². The molecule has 1 aliphatic rings. The fraction of sp³-hybridized carbons (Fsp3) is 0.500. The van der Waals surface area contributed by atoms with E-state index in [0.29, 0.717) is 12.8 Å². The third kappa shape index (κ3) is 2.12. The van der Waals surface area contributed by atoms with Crippen molar-refractivity contribution in [2.24, 2.45) is 11.1 Å². The third-order valence-electron chi connectivity index (χ3n) is 4.10. The number of benzene rings is 1. The lowest BCUT2D eigenvalue weighted by atomic mass is 9.70. The van der Waals surface area contributed by atoms with Crippen molar-refractivity contribution < 1.29 is 14.3 Å². The summed E-state index contributed by atoms with van der Waals surface area (Å²) in [5.41, 5.74) is 5.84. The molecule has 2 rings (SSSR count). The van der Waals surface area contributed by atoms with Gasteiger partial charge in [0.15, 0.2) is 0 Å². The minimum absolute atomic E-state index is 0.238. The Labute approximate surface area is 106 Å². The second-order valence-corrected chi connectivity index (χ2v) is 5.01. The van der Waals surface area contributed by atoms with E-state index in [4.69, 9.17) is 5.73 Å². The Balaban J connectivity index is 2.37. The van der Waals surface area contributed by atoms with E-state index in [-0.39, 0.29) is 18.3 Å². The molecule has 0 bridgehead atoms. The zero-order chi connectivity index (χ0) is 13.2. The van der Waals surface area contributed by atoms with E-state index in [9.17, 15) is 14.3 Å². The molecular formula is C14H18FNO2. The predicted octanol–water partition coefficient (Wildman–Crippen LogP) is 2.51. The molecule has 18 heavy (non-hydrogen) atoms. The highest BCUT2D eigenvalue weighted by molar-refractivity contribution is 5.76. The lowest BCUT2D eigenvalue weighted by Gasteiger charge is -2.33. The second kappa shape index (κ2) is 5.06. The fourth-order valence-electron chi connectivity index (χ4n) is 3.09. The molecule has 3 N–H and O–H groups in total. The van der Waals surface area contributed by atoms with E-state index < -0.39 is 11.4 Å². The Hall–Kier alpha value is -1.42. The van der Waals surface area contributed by atoms with Crippen LogP contribution in [0, 0.1) is 11.2 Å². The number of hydrogen-bond donors (Lipinski definition) is 2. The van der Waals surface area contributed by atoms with Gasteiger partial charge in [0.2, 0.25) is 0 Å². The summed E-state index contributed by atoms with van der Waals surface area (Å²) >= 11 is 0. The Morgan fingerprint density at radius 1 is 1.33 bits per heavy atom. The van der Waals surface area contributed by atoms with Gasteiger partial charge in [0.05, 0.1) is 5.41 Å². The van der Waals surface area contributed by atoms with Gasteiger partial charge >= 0.3 is 5.97 Å². The topological polar surface area (TPSA) is 63.3 Å². The standard InChI is InChI=1S/C14H18FNO2/c15-11-5-3-10(4-6-11)12(9-16)14(13(17)18)7-1-2-8-14/h3-6,12H,1-2,7-9,16H2,(H,17,18)/t12-/m0/s1. The van der Waals surface area contributed by atoms with Crippen LogP contribution in [0.15, 0.2) is 24.3 Å². The molecule has 0 spiro atoms. The third-order valence-corrected chi connectivity index (χ3v) is 4.10. The van der Waals surface area contributed by atoms with Crippen LogP contribution in [-0.4, -0.2) is 17.6 Å². The number of hydrogen-bond acceptors (Lipinski definition) is 2. The van der Waals surface area contributed by atoms with Gasteiger partial charge in [-0.3, -0.25) is 4.79 Å². The largest absolute Gasteiger partial charge is 0.481 e. The van der Waals surface area contributed by atoms with Crippen LogP contribution >= 0.6 is 0 Å². The molecule has 1 aromatic carbocycles. The summed E-state index contributed by atoms with van der Waals surface area (Å²) < 4.78 is 12.9. The zero-order valence-corrected chi connectivity index (χ0v) is 10.2. The van der Waals surface area contributed by atoms with Gasteiger partial charge in [0.25, 0.3) is 0 Å². The summed E-state index contributed by atoms with van der Waals surface area (Å²) in [6.45, 7) is 0.276. The van der Waals surface area contributed by atoms with E-state index in [2.05, 4.69) is 0 Å². The number of carboxylic acids is 1. The molecule has 0 unspecified atom stereocenters. The van der Waals surface area contributed by atoms with Gasteiger partial charge in [-0.25, -0.2) is 4.39 Å². The predicted molar refractivity (Wildman–Crippen MR) is 66.7 cm³/mol. The van der Waals surface area contributed by atoms with Gasteiger partial charge in [0, 0.05) is 12.5 Å². The van der Waals surface area contributed by atoms with Crippen molar-refractivity contribution in [3.63, 3.8) is 0 Å². The molecule has 0 aliphatic heterocycles. The molecule has 98 valence electrons. The smallest absolute Gasteiger partial charge is 0.310 e. The monoisotopic (exact) mass is 251 g/mol. The average molecular weight is 251 g/mol. The summed E-state index contributed by atoms with van der Waals surface area (Å²) in [6.07, 6.45) is 3.15. The Bertz CT molecular complexity index is 424. The summed E-state index contributed by atoms with van der Waals surface area (Å²) in [5.74, 6) is -1.33. The van der Waals surface area contributed by atoms with Crippen LogP contribution in [0.4, 0.5) is 4.39 Å². The minimum atomic E-state index is -0.778. The molecule has 0 aromatic heterocycles. The van der Waals surface area contributed by atoms with Gasteiger partial charge in [-0.2, -0.15) is 0 Å². The highest BCUT2D eigenvalue weighted by atomic mass is 19.1. The van der Waals surface area contributed by atoms with Gasteiger partial charge in [-0.15, -0.1) is 0 Å². The van der Waals surface area contributed by atoms with Crippen molar-refractivity contribution >= 4 is 5.97 Å². The molecule has 3 nitrogen and oxygen atoms in total. The van der Waals surface area contributed by atoms with Crippen molar-refractivity contribution in [2.45, 2.75) is 31.6 Å². The number of carboxylic acid groups (broad SMARTS) is 1. The Morgan fingerprint density at radius 3 is 2.33 bits per heavy atom. The van der Waals surface area contributed by atoms with Crippen LogP contribution in [0.5, 0.6) is 0 Å². The molecule has 0 heterocycles. The minimum Gasteiger partial charge on any atom is -0.481 e. The maximum absolute atomic E-state index is 12.9. The van der Waals surface area contributed by atoms with Crippen LogP contribution in [0.3, 0.4) is 0 Å². The number of nitrogens with two attached hydrogens (primary N) is 1. The number of rotatable bonds is 4. The van der Waals surface area contributed by atoms with Gasteiger partial charge < -0.3 is 10.8 Å². The van der Waals surface area contributed by atoms with Crippen LogP contribution in [0.2, 0.25) is 0 Å². The molecule has 1 aromatic rings. The highest BCUT2D eigenvalue weighted by Gasteiger charge is 2.47. The fourth-order valence-corrected chi connectivity index (χ4v) is 3.09. The first-order valence-electron chi connectivity index (χ1n) is 6.29. The summed E-state index contributed by atoms with van der Waals surface area (Å²) in [5, 5.41) is 9.55. The maximum Gasteiger partial charge on any atom is 0.310 e. The first kappa shape index (κ1) is 13.0. The molecule has 4 heteroatoms. The van der Waals surface area contributed by atoms with E-state index >= 15 is 0 Å². The number of halogens is 1. The maximum atomic E-state index is 12.9. The van der Waals surface area contributed by atoms with Gasteiger partial charge in [0.1, 0.15) is 5.82 Å². The van der Waals surface area contributed by atoms with E-state index in [1.54, 1.807) is 12.1 Å². The summed E-state index contributed by atoms with van der Waals surface area (Å²) in [6, 6.07) is 6.02. The summed E-state index contributed by atoms with van der Waals surface area (Å²) in [4.78, 5) is 11.6. The zero-order valence-electron chi connectivity index (χ0n) is 10.2. The van der Waals surface area contributed by atoms with E-state index in [1.165, 1.54) is 12.1 Å². The van der Waals surface area contributed by atoms with Crippen LogP contribution in [0.25, 0.3) is 0 Å². The lowest BCUT2D eigenvalue weighted by Crippen LogP contribution is -2.38. The SMILES string of the molecule is NC[C@@H](c1ccc(F)cc1)C1(C(=O)O)CCCC1. The molecule has 0 amide bonds. The number of carbonyl (C=O) groups is 1. The quantitative estimate of drug-likeness (QED) is 0.864.